The maximum Gasteiger partial charge on any atom is 0.425 e. The van der Waals surface area contributed by atoms with Crippen molar-refractivity contribution >= 4 is 29.2 Å². The molecule has 8 nitrogen and oxygen atoms in total. The van der Waals surface area contributed by atoms with Crippen LogP contribution in [0.3, 0.4) is 0 Å². The van der Waals surface area contributed by atoms with Gasteiger partial charge in [0.15, 0.2) is 0 Å². The van der Waals surface area contributed by atoms with Gasteiger partial charge in [-0.3, -0.25) is 19.4 Å². The molecule has 0 aliphatic carbocycles. The number of aromatic nitrogens is 2. The van der Waals surface area contributed by atoms with Crippen molar-refractivity contribution in [3.63, 3.8) is 0 Å². The highest BCUT2D eigenvalue weighted by Crippen LogP contribution is 2.45. The molecule has 1 atom stereocenters. The predicted molar refractivity (Wildman–Crippen MR) is 108 cm³/mol. The standard InChI is InChI=1S/C20H12ClF3N4O4/c21-12-9-5-4-8-11(12)15(29)27-19(20(22,23)24)13-14(25-17(19)31)28(18(32)26-16(13)30)10-6-2-1-3-7-10/h1-9H,(H,25,31)(H,27,29)(H,26,30,32). The second kappa shape index (κ2) is 7.38. The van der Waals surface area contributed by atoms with Gasteiger partial charge >= 0.3 is 11.9 Å². The van der Waals surface area contributed by atoms with Crippen LogP contribution in [0.15, 0.2) is 64.2 Å². The van der Waals surface area contributed by atoms with Crippen molar-refractivity contribution in [2.24, 2.45) is 0 Å². The number of para-hydroxylation sites is 1. The number of fused-ring (bicyclic) bond motifs is 1. The van der Waals surface area contributed by atoms with Crippen molar-refractivity contribution in [1.82, 2.24) is 14.9 Å². The Kier molecular flexibility index (Phi) is 4.93. The number of aromatic amines is 1. The molecule has 0 spiro atoms. The molecule has 2 aromatic carbocycles. The van der Waals surface area contributed by atoms with E-state index < -0.39 is 46.2 Å². The number of hydrogen-bond donors (Lipinski definition) is 3. The Morgan fingerprint density at radius 2 is 1.62 bits per heavy atom. The average Bonchev–Trinajstić information content (AvgIpc) is 3.02. The first-order valence-corrected chi connectivity index (χ1v) is 9.36. The van der Waals surface area contributed by atoms with Gasteiger partial charge in [-0.25, -0.2) is 9.36 Å². The summed E-state index contributed by atoms with van der Waals surface area (Å²) in [5.41, 5.74) is -7.74. The molecule has 2 amide bonds. The number of anilines is 1. The lowest BCUT2D eigenvalue weighted by Crippen LogP contribution is -2.62. The topological polar surface area (TPSA) is 113 Å². The Morgan fingerprint density at radius 3 is 2.25 bits per heavy atom. The number of nitrogens with zero attached hydrogens (tertiary/aromatic N) is 1. The van der Waals surface area contributed by atoms with Crippen LogP contribution < -0.4 is 21.9 Å². The fourth-order valence-electron chi connectivity index (χ4n) is 3.48. The van der Waals surface area contributed by atoms with Crippen LogP contribution in [0.2, 0.25) is 5.02 Å². The molecule has 1 aliphatic rings. The third-order valence-corrected chi connectivity index (χ3v) is 5.25. The Balaban J connectivity index is 1.99. The van der Waals surface area contributed by atoms with E-state index >= 15 is 0 Å². The minimum absolute atomic E-state index is 0.0840. The third kappa shape index (κ3) is 3.09. The van der Waals surface area contributed by atoms with Crippen LogP contribution in [0.4, 0.5) is 19.0 Å². The fraction of sp³-hybridized carbons (Fsp3) is 0.100. The molecule has 0 bridgehead atoms. The summed E-state index contributed by atoms with van der Waals surface area (Å²) in [6, 6.07) is 12.7. The Morgan fingerprint density at radius 1 is 1.00 bits per heavy atom. The number of carbonyl (C=O) groups is 2. The lowest BCUT2D eigenvalue weighted by molar-refractivity contribution is -0.196. The lowest BCUT2D eigenvalue weighted by Gasteiger charge is -2.30. The summed E-state index contributed by atoms with van der Waals surface area (Å²) in [6.45, 7) is 0. The van der Waals surface area contributed by atoms with Crippen LogP contribution in [-0.2, 0) is 10.3 Å². The molecule has 1 unspecified atom stereocenters. The van der Waals surface area contributed by atoms with E-state index in [1.54, 1.807) is 16.4 Å². The molecule has 1 aliphatic heterocycles. The van der Waals surface area contributed by atoms with Gasteiger partial charge in [0.1, 0.15) is 11.4 Å². The monoisotopic (exact) mass is 464 g/mol. The van der Waals surface area contributed by atoms with E-state index in [4.69, 9.17) is 11.6 Å². The third-order valence-electron chi connectivity index (χ3n) is 4.92. The van der Waals surface area contributed by atoms with E-state index in [9.17, 15) is 32.3 Å². The maximum absolute atomic E-state index is 14.4. The number of rotatable bonds is 3. The van der Waals surface area contributed by atoms with Crippen LogP contribution in [-0.4, -0.2) is 27.5 Å². The predicted octanol–water partition coefficient (Wildman–Crippen LogP) is 2.32. The van der Waals surface area contributed by atoms with E-state index in [1.807, 2.05) is 5.32 Å². The Hall–Kier alpha value is -3.86. The number of hydrogen-bond acceptors (Lipinski definition) is 4. The van der Waals surface area contributed by atoms with Gasteiger partial charge in [0.2, 0.25) is 0 Å². The second-order valence-corrected chi connectivity index (χ2v) is 7.20. The van der Waals surface area contributed by atoms with E-state index in [-0.39, 0.29) is 16.3 Å². The van der Waals surface area contributed by atoms with E-state index in [0.29, 0.717) is 4.57 Å². The number of nitrogens with one attached hydrogen (secondary N) is 3. The first-order chi connectivity index (χ1) is 15.1. The molecule has 0 fully saturated rings. The van der Waals surface area contributed by atoms with Crippen molar-refractivity contribution in [1.29, 1.82) is 0 Å². The number of benzene rings is 2. The fourth-order valence-corrected chi connectivity index (χ4v) is 3.71. The highest BCUT2D eigenvalue weighted by atomic mass is 35.5. The summed E-state index contributed by atoms with van der Waals surface area (Å²) in [7, 11) is 0. The second-order valence-electron chi connectivity index (χ2n) is 6.79. The quantitative estimate of drug-likeness (QED) is 0.552. The number of halogens is 4. The number of amides is 2. The molecule has 4 rings (SSSR count). The number of carbonyl (C=O) groups excluding carboxylic acids is 2. The SMILES string of the molecule is O=C(NC1(C(F)(F)F)C(=O)Nc2c1c(=O)[nH]c(=O)n2-c1ccccc1)c1ccccc1Cl. The number of H-pyrrole nitrogens is 1. The van der Waals surface area contributed by atoms with E-state index in [1.165, 1.54) is 42.5 Å². The highest BCUT2D eigenvalue weighted by molar-refractivity contribution is 6.34. The van der Waals surface area contributed by atoms with Gasteiger partial charge in [-0.15, -0.1) is 0 Å². The number of alkyl halides is 3. The van der Waals surface area contributed by atoms with Crippen molar-refractivity contribution in [3.05, 3.63) is 91.6 Å². The summed E-state index contributed by atoms with van der Waals surface area (Å²) in [4.78, 5) is 52.2. The molecule has 32 heavy (non-hydrogen) atoms. The zero-order chi connectivity index (χ0) is 23.3. The molecule has 0 saturated carbocycles. The summed E-state index contributed by atoms with van der Waals surface area (Å²) in [6.07, 6.45) is -5.45. The molecule has 1 aromatic heterocycles. The molecule has 0 saturated heterocycles. The summed E-state index contributed by atoms with van der Waals surface area (Å²) in [5, 5.41) is 3.43. The molecule has 2 heterocycles. The van der Waals surface area contributed by atoms with Crippen LogP contribution >= 0.6 is 11.6 Å². The Labute approximate surface area is 181 Å². The average molecular weight is 465 g/mol. The van der Waals surface area contributed by atoms with Crippen molar-refractivity contribution < 1.29 is 22.8 Å². The van der Waals surface area contributed by atoms with Gasteiger partial charge in [-0.1, -0.05) is 41.9 Å². The molecule has 12 heteroatoms. The van der Waals surface area contributed by atoms with Gasteiger partial charge in [0, 0.05) is 0 Å². The van der Waals surface area contributed by atoms with E-state index in [0.717, 1.165) is 6.07 Å². The van der Waals surface area contributed by atoms with Crippen LogP contribution in [0.25, 0.3) is 5.69 Å². The van der Waals surface area contributed by atoms with Gasteiger partial charge in [-0.2, -0.15) is 13.2 Å². The molecule has 3 aromatic rings. The first-order valence-electron chi connectivity index (χ1n) is 8.98. The van der Waals surface area contributed by atoms with Crippen molar-refractivity contribution in [2.45, 2.75) is 11.7 Å². The van der Waals surface area contributed by atoms with Crippen LogP contribution in [0, 0.1) is 0 Å². The smallest absolute Gasteiger partial charge is 0.326 e. The van der Waals surface area contributed by atoms with Gasteiger partial charge in [0.05, 0.1) is 16.3 Å². The van der Waals surface area contributed by atoms with Gasteiger partial charge in [0.25, 0.3) is 22.9 Å². The normalized spacial score (nSPS) is 17.6. The zero-order valence-electron chi connectivity index (χ0n) is 15.8. The van der Waals surface area contributed by atoms with Crippen LogP contribution in [0.5, 0.6) is 0 Å². The largest absolute Gasteiger partial charge is 0.425 e. The Bertz CT molecular complexity index is 1370. The molecular formula is C20H12ClF3N4O4. The van der Waals surface area contributed by atoms with Gasteiger partial charge in [-0.05, 0) is 24.3 Å². The van der Waals surface area contributed by atoms with Crippen LogP contribution in [0.1, 0.15) is 15.9 Å². The van der Waals surface area contributed by atoms with E-state index in [2.05, 4.69) is 0 Å². The minimum atomic E-state index is -5.45. The summed E-state index contributed by atoms with van der Waals surface area (Å²) < 4.78 is 43.9. The minimum Gasteiger partial charge on any atom is -0.326 e. The molecular weight excluding hydrogens is 453 g/mol. The highest BCUT2D eigenvalue weighted by Gasteiger charge is 2.68. The zero-order valence-corrected chi connectivity index (χ0v) is 16.5. The molecule has 3 N–H and O–H groups in total. The first kappa shape index (κ1) is 21.4. The van der Waals surface area contributed by atoms with Gasteiger partial charge < -0.3 is 10.6 Å². The molecule has 164 valence electrons. The molecule has 0 radical (unpaired) electrons. The van der Waals surface area contributed by atoms with Crippen molar-refractivity contribution in [2.75, 3.05) is 5.32 Å². The summed E-state index contributed by atoms with van der Waals surface area (Å²) >= 11 is 5.90. The lowest BCUT2D eigenvalue weighted by atomic mass is 9.91. The maximum atomic E-state index is 14.4. The summed E-state index contributed by atoms with van der Waals surface area (Å²) in [5.74, 6) is -3.79. The van der Waals surface area contributed by atoms with Crippen molar-refractivity contribution in [3.8, 4) is 5.69 Å².